The fourth-order valence-electron chi connectivity index (χ4n) is 1.33. The highest BCUT2D eigenvalue weighted by molar-refractivity contribution is 6.33. The Morgan fingerprint density at radius 1 is 1.56 bits per heavy atom. The molecule has 2 heterocycles. The highest BCUT2D eigenvalue weighted by atomic mass is 35.5. The summed E-state index contributed by atoms with van der Waals surface area (Å²) in [5.41, 5.74) is -0.181. The molecule has 0 saturated heterocycles. The molecule has 0 spiro atoms. The van der Waals surface area contributed by atoms with Crippen molar-refractivity contribution in [1.29, 1.82) is 0 Å². The van der Waals surface area contributed by atoms with Crippen LogP contribution in [0.4, 0.5) is 5.82 Å². The third-order valence-electron chi connectivity index (χ3n) is 2.28. The van der Waals surface area contributed by atoms with Crippen LogP contribution in [0.15, 0.2) is 18.5 Å². The van der Waals surface area contributed by atoms with Crippen molar-refractivity contribution in [2.24, 2.45) is 7.05 Å². The fraction of sp³-hybridized carbons (Fsp3) is 0.200. The second-order valence-corrected chi connectivity index (χ2v) is 3.95. The maximum absolute atomic E-state index is 10.9. The van der Waals surface area contributed by atoms with Crippen molar-refractivity contribution in [2.45, 2.75) is 6.54 Å². The summed E-state index contributed by atoms with van der Waals surface area (Å²) in [5.74, 6) is -0.0364. The zero-order chi connectivity index (χ0) is 13.1. The third-order valence-corrected chi connectivity index (χ3v) is 2.59. The molecule has 2 aromatic rings. The Kier molecular flexibility index (Phi) is 3.42. The minimum absolute atomic E-state index is 0.103. The van der Waals surface area contributed by atoms with Gasteiger partial charge in [-0.3, -0.25) is 0 Å². The molecule has 0 amide bonds. The molecular weight excluding hydrogens is 258 g/mol. The van der Waals surface area contributed by atoms with Crippen LogP contribution in [0.1, 0.15) is 16.3 Å². The van der Waals surface area contributed by atoms with Gasteiger partial charge in [-0.25, -0.2) is 9.78 Å². The van der Waals surface area contributed by atoms with Gasteiger partial charge in [-0.2, -0.15) is 0 Å². The van der Waals surface area contributed by atoms with E-state index in [9.17, 15) is 4.79 Å². The fourth-order valence-corrected chi connectivity index (χ4v) is 1.51. The molecule has 18 heavy (non-hydrogen) atoms. The predicted molar refractivity (Wildman–Crippen MR) is 64.5 cm³/mol. The van der Waals surface area contributed by atoms with Crippen LogP contribution in [0.3, 0.4) is 0 Å². The first-order valence-corrected chi connectivity index (χ1v) is 5.42. The average molecular weight is 268 g/mol. The van der Waals surface area contributed by atoms with Gasteiger partial charge in [0.1, 0.15) is 12.1 Å². The molecule has 2 aromatic heterocycles. The predicted octanol–water partition coefficient (Wildman–Crippen LogP) is 1.17. The summed E-state index contributed by atoms with van der Waals surface area (Å²) < 4.78 is 1.75. The second-order valence-electron chi connectivity index (χ2n) is 3.54. The van der Waals surface area contributed by atoms with E-state index in [2.05, 4.69) is 20.5 Å². The number of hydrogen-bond acceptors (Lipinski definition) is 5. The monoisotopic (exact) mass is 267 g/mol. The maximum Gasteiger partial charge on any atom is 0.356 e. The molecule has 0 saturated carbocycles. The second kappa shape index (κ2) is 5.01. The van der Waals surface area contributed by atoms with Gasteiger partial charge in [0.25, 0.3) is 0 Å². The normalized spacial score (nSPS) is 10.3. The number of nitrogens with zero attached hydrogens (tertiary/aromatic N) is 4. The van der Waals surface area contributed by atoms with Crippen molar-refractivity contribution in [1.82, 2.24) is 19.7 Å². The van der Waals surface area contributed by atoms with Crippen molar-refractivity contribution in [3.63, 3.8) is 0 Å². The van der Waals surface area contributed by atoms with E-state index in [-0.39, 0.29) is 10.7 Å². The number of carboxylic acid groups (broad SMARTS) is 1. The van der Waals surface area contributed by atoms with Crippen molar-refractivity contribution >= 4 is 23.4 Å². The molecule has 0 aliphatic heterocycles. The molecule has 0 bridgehead atoms. The Morgan fingerprint density at radius 2 is 2.33 bits per heavy atom. The Balaban J connectivity index is 2.13. The maximum atomic E-state index is 10.9. The van der Waals surface area contributed by atoms with Gasteiger partial charge >= 0.3 is 5.97 Å². The third kappa shape index (κ3) is 2.57. The molecule has 8 heteroatoms. The Bertz CT molecular complexity index is 583. The molecule has 0 aliphatic rings. The van der Waals surface area contributed by atoms with E-state index in [0.717, 1.165) is 0 Å². The zero-order valence-electron chi connectivity index (χ0n) is 9.46. The molecule has 2 rings (SSSR count). The Hall–Kier alpha value is -2.15. The minimum Gasteiger partial charge on any atom is -0.476 e. The highest BCUT2D eigenvalue weighted by Crippen LogP contribution is 2.16. The number of halogens is 1. The average Bonchev–Trinajstić information content (AvgIpc) is 2.73. The van der Waals surface area contributed by atoms with Gasteiger partial charge in [0.2, 0.25) is 0 Å². The lowest BCUT2D eigenvalue weighted by Gasteiger charge is -2.06. The number of nitrogens with one attached hydrogen (secondary N) is 1. The Morgan fingerprint density at radius 3 is 2.94 bits per heavy atom. The summed E-state index contributed by atoms with van der Waals surface area (Å²) in [5, 5.41) is 19.6. The van der Waals surface area contributed by atoms with E-state index in [1.807, 2.05) is 7.05 Å². The number of rotatable bonds is 4. The van der Waals surface area contributed by atoms with Gasteiger partial charge in [-0.05, 0) is 12.1 Å². The minimum atomic E-state index is -1.16. The molecule has 0 radical (unpaired) electrons. The first-order chi connectivity index (χ1) is 8.58. The summed E-state index contributed by atoms with van der Waals surface area (Å²) in [6.07, 6.45) is 1.58. The molecule has 0 atom stereocenters. The van der Waals surface area contributed by atoms with Crippen molar-refractivity contribution < 1.29 is 9.90 Å². The van der Waals surface area contributed by atoms with Crippen LogP contribution in [0.5, 0.6) is 0 Å². The molecule has 0 aliphatic carbocycles. The van der Waals surface area contributed by atoms with Crippen LogP contribution in [-0.4, -0.2) is 30.8 Å². The van der Waals surface area contributed by atoms with E-state index in [0.29, 0.717) is 18.2 Å². The van der Waals surface area contributed by atoms with Crippen LogP contribution < -0.4 is 5.32 Å². The van der Waals surface area contributed by atoms with Crippen LogP contribution >= 0.6 is 11.6 Å². The quantitative estimate of drug-likeness (QED) is 0.864. The van der Waals surface area contributed by atoms with E-state index in [1.54, 1.807) is 17.0 Å². The van der Waals surface area contributed by atoms with E-state index in [4.69, 9.17) is 16.7 Å². The van der Waals surface area contributed by atoms with Gasteiger partial charge in [0, 0.05) is 7.05 Å². The molecule has 0 fully saturated rings. The lowest BCUT2D eigenvalue weighted by molar-refractivity contribution is 0.0691. The number of hydrogen-bond donors (Lipinski definition) is 2. The molecule has 0 aromatic carbocycles. The summed E-state index contributed by atoms with van der Waals surface area (Å²) in [4.78, 5) is 14.8. The first-order valence-electron chi connectivity index (χ1n) is 5.04. The molecular formula is C10H10ClN5O2. The summed E-state index contributed by atoms with van der Waals surface area (Å²) >= 11 is 5.72. The van der Waals surface area contributed by atoms with Gasteiger partial charge in [0.05, 0.1) is 11.6 Å². The summed E-state index contributed by atoms with van der Waals surface area (Å²) in [6, 6.07) is 3.09. The first kappa shape index (κ1) is 12.3. The number of pyridine rings is 1. The highest BCUT2D eigenvalue weighted by Gasteiger charge is 2.11. The van der Waals surface area contributed by atoms with Crippen molar-refractivity contribution in [3.8, 4) is 0 Å². The molecule has 7 nitrogen and oxygen atoms in total. The smallest absolute Gasteiger partial charge is 0.356 e. The summed E-state index contributed by atoms with van der Waals surface area (Å²) in [6.45, 7) is 0.393. The lowest BCUT2D eigenvalue weighted by atomic mass is 10.3. The molecule has 0 unspecified atom stereocenters. The van der Waals surface area contributed by atoms with Crippen LogP contribution in [0.25, 0.3) is 0 Å². The lowest BCUT2D eigenvalue weighted by Crippen LogP contribution is -2.09. The molecule has 2 N–H and O–H groups in total. The molecule has 94 valence electrons. The number of anilines is 1. The van der Waals surface area contributed by atoms with Gasteiger partial charge in [-0.15, -0.1) is 10.2 Å². The SMILES string of the molecule is Cn1cnnc1CNc1ccc(Cl)c(C(=O)O)n1. The van der Waals surface area contributed by atoms with Crippen molar-refractivity contribution in [2.75, 3.05) is 5.32 Å². The zero-order valence-corrected chi connectivity index (χ0v) is 10.2. The van der Waals surface area contributed by atoms with Gasteiger partial charge in [-0.1, -0.05) is 11.6 Å². The van der Waals surface area contributed by atoms with E-state index < -0.39 is 5.97 Å². The van der Waals surface area contributed by atoms with Crippen LogP contribution in [-0.2, 0) is 13.6 Å². The van der Waals surface area contributed by atoms with E-state index in [1.165, 1.54) is 6.07 Å². The van der Waals surface area contributed by atoms with Gasteiger partial charge < -0.3 is 15.0 Å². The number of carbonyl (C=O) groups is 1. The number of aromatic carboxylic acids is 1. The Labute approximate surface area is 107 Å². The van der Waals surface area contributed by atoms with Gasteiger partial charge in [0.15, 0.2) is 11.5 Å². The largest absolute Gasteiger partial charge is 0.476 e. The topological polar surface area (TPSA) is 92.9 Å². The van der Waals surface area contributed by atoms with E-state index >= 15 is 0 Å². The van der Waals surface area contributed by atoms with Crippen LogP contribution in [0.2, 0.25) is 5.02 Å². The number of aromatic nitrogens is 4. The number of aryl methyl sites for hydroxylation is 1. The van der Waals surface area contributed by atoms with Crippen molar-refractivity contribution in [3.05, 3.63) is 35.0 Å². The van der Waals surface area contributed by atoms with Crippen LogP contribution in [0, 0.1) is 0 Å². The number of carboxylic acids is 1. The standard InChI is InChI=1S/C10H10ClN5O2/c1-16-5-13-15-8(16)4-12-7-3-2-6(11)9(14-7)10(17)18/h2-3,5H,4H2,1H3,(H,12,14)(H,17,18). The summed E-state index contributed by atoms with van der Waals surface area (Å²) in [7, 11) is 1.81.